The Bertz CT molecular complexity index is 3380. The van der Waals surface area contributed by atoms with E-state index in [2.05, 4.69) is 47.9 Å². The van der Waals surface area contributed by atoms with Crippen molar-refractivity contribution in [1.82, 2.24) is 52.8 Å². The van der Waals surface area contributed by atoms with Gasteiger partial charge < -0.3 is 147 Å². The Morgan fingerprint density at radius 2 is 1.07 bits per heavy atom. The van der Waals surface area contributed by atoms with Crippen LogP contribution in [-0.2, 0) is 73.2 Å². The molecular formula is C70H106N12O27. The molecule has 0 saturated carbocycles. The van der Waals surface area contributed by atoms with Crippen LogP contribution < -0.4 is 52.6 Å². The molecule has 39 nitrogen and oxygen atoms in total. The van der Waals surface area contributed by atoms with E-state index < -0.39 is 264 Å². The topological polar surface area (TPSA) is 603 Å². The van der Waals surface area contributed by atoms with E-state index in [9.17, 15) is 85.3 Å². The molecule has 39 heteroatoms. The first kappa shape index (κ1) is 86.5. The Kier molecular flexibility index (Phi) is 31.9. The number of aliphatic hydroxyl groups excluding tert-OH is 12. The lowest BCUT2D eigenvalue weighted by Gasteiger charge is -2.46. The molecule has 6 aliphatic heterocycles. The van der Waals surface area contributed by atoms with Crippen molar-refractivity contribution in [3.05, 3.63) is 65.7 Å². The van der Waals surface area contributed by atoms with Crippen molar-refractivity contribution in [2.45, 2.75) is 245 Å². The number of ether oxygens (including phenoxy) is 7. The molecule has 8 rings (SSSR count). The van der Waals surface area contributed by atoms with Crippen molar-refractivity contribution >= 4 is 59.3 Å². The zero-order valence-electron chi connectivity index (χ0n) is 61.0. The Morgan fingerprint density at radius 1 is 0.541 bits per heavy atom. The molecule has 0 spiro atoms. The third kappa shape index (κ3) is 21.5. The van der Waals surface area contributed by atoms with Crippen molar-refractivity contribution in [2.75, 3.05) is 46.1 Å². The van der Waals surface area contributed by atoms with Crippen molar-refractivity contribution in [3.63, 3.8) is 0 Å². The zero-order chi connectivity index (χ0) is 79.7. The molecular weight excluding hydrogens is 1440 g/mol. The van der Waals surface area contributed by atoms with Gasteiger partial charge in [-0.05, 0) is 48.9 Å². The summed E-state index contributed by atoms with van der Waals surface area (Å²) in [5.41, 5.74) is 0.683. The molecule has 6 aliphatic rings. The maximum absolute atomic E-state index is 15.3. The first-order chi connectivity index (χ1) is 52.0. The van der Waals surface area contributed by atoms with Gasteiger partial charge in [-0.1, -0.05) is 103 Å². The number of hydrogen-bond donors (Lipinski definition) is 23. The molecule has 608 valence electrons. The van der Waals surface area contributed by atoms with Crippen molar-refractivity contribution in [3.8, 4) is 5.75 Å². The Balaban J connectivity index is 1.08. The highest BCUT2D eigenvalue weighted by Crippen LogP contribution is 2.33. The number of esters is 2. The Labute approximate surface area is 627 Å². The first-order valence-corrected chi connectivity index (χ1v) is 36.8. The Morgan fingerprint density at radius 3 is 1.64 bits per heavy atom. The van der Waals surface area contributed by atoms with E-state index in [0.29, 0.717) is 56.9 Å². The van der Waals surface area contributed by atoms with Gasteiger partial charge in [0, 0.05) is 25.4 Å². The fraction of sp³-hybridized carbons (Fsp3) is 0.686. The molecule has 2 aromatic carbocycles. The summed E-state index contributed by atoms with van der Waals surface area (Å²) in [7, 11) is 0. The van der Waals surface area contributed by atoms with E-state index in [0.717, 1.165) is 4.90 Å². The summed E-state index contributed by atoms with van der Waals surface area (Å²) < 4.78 is 40.5. The van der Waals surface area contributed by atoms with Crippen molar-refractivity contribution < 1.29 is 133 Å². The van der Waals surface area contributed by atoms with Crippen LogP contribution in [0.5, 0.6) is 5.75 Å². The van der Waals surface area contributed by atoms with Gasteiger partial charge >= 0.3 is 11.9 Å². The molecule has 25 atom stereocenters. The lowest BCUT2D eigenvalue weighted by atomic mass is 9.92. The second-order valence-corrected chi connectivity index (χ2v) is 28.1. The predicted octanol–water partition coefficient (Wildman–Crippen LogP) is -7.66. The first-order valence-electron chi connectivity index (χ1n) is 36.8. The minimum absolute atomic E-state index is 0.0899. The van der Waals surface area contributed by atoms with Gasteiger partial charge in [-0.2, -0.15) is 0 Å². The highest BCUT2D eigenvalue weighted by Gasteiger charge is 2.55. The fourth-order valence-corrected chi connectivity index (χ4v) is 14.0. The minimum atomic E-state index is -2.40. The lowest BCUT2D eigenvalue weighted by molar-refractivity contribution is -0.352. The predicted molar refractivity (Wildman–Crippen MR) is 376 cm³/mol. The molecule has 6 saturated heterocycles. The molecule has 0 aliphatic carbocycles. The van der Waals surface area contributed by atoms with Crippen molar-refractivity contribution in [2.24, 2.45) is 11.8 Å². The zero-order valence-corrected chi connectivity index (χ0v) is 61.0. The lowest BCUT2D eigenvalue weighted by Crippen LogP contribution is -2.69. The number of benzene rings is 2. The van der Waals surface area contributed by atoms with Crippen LogP contribution in [0.15, 0.2) is 54.6 Å². The quantitative estimate of drug-likeness (QED) is 0.0336. The van der Waals surface area contributed by atoms with Crippen LogP contribution in [0.1, 0.15) is 103 Å². The average Bonchev–Trinajstić information content (AvgIpc) is 1.72. The second kappa shape index (κ2) is 40.2. The van der Waals surface area contributed by atoms with Crippen LogP contribution in [0.3, 0.4) is 0 Å². The minimum Gasteiger partial charge on any atom is -0.463 e. The van der Waals surface area contributed by atoms with Gasteiger partial charge in [-0.3, -0.25) is 49.2 Å². The standard InChI is InChI=1S/C70H106N12O27/c1-6-13-34(14-7-2)65(101)103-29-42-50(88)52(90)55(93)64(106-42)82-40(25-75-70(82)72)49(87)47-62(99)77-39(27-83)59(96)73-26-44(85)79-45(31(5)33-17-11-10-12-18-33)61(98)76-37(60(97)80-46(63(100)81-47)48(86)38-24-74-69(71)78-38)23-32-19-21-36(22-20-32)105-67-57(95)54(92)58(41(28-84)107-67)109-68-56(94)53(91)51(89)43(108-68)30-104-66(102)35(15-8-3)16-9-4/h10-12,17-22,31,34-35,37-43,45-58,64,67-68,83-84,86-95H,6-9,13-16,23-30H2,1-5H3,(H2,72,75)(H,73,96)(H,76,98)(H,77,99)(H,79,85)(H,80,97)(H,81,100)(H3,71,74,78). The number of nitrogens with zero attached hydrogens (tertiary/aromatic N) is 1. The molecule has 109 heavy (non-hydrogen) atoms. The highest BCUT2D eigenvalue weighted by atomic mass is 16.7. The van der Waals surface area contributed by atoms with Crippen LogP contribution in [0, 0.1) is 22.7 Å². The molecule has 0 aromatic heterocycles. The SMILES string of the molecule is CCCC(CCC)C(=O)OCC1OC(OC2C(CO)OC(Oc3ccc(CC4NC(=O)C(C(C)c5ccccc5)NC(=O)CNC(=O)C(CO)NC(=O)C(C(O)C5CNC(=N)N5C5OC(COC(=O)C(CCC)CCC)C(O)C(O)C5O)NC(=O)C(C(O)C5CNC(=N)N5)NC4=O)cc3)C(O)C2O)C(O)C(O)C1O. The summed E-state index contributed by atoms with van der Waals surface area (Å²) in [5.74, 6) is -11.6. The van der Waals surface area contributed by atoms with Crippen LogP contribution in [0.25, 0.3) is 0 Å². The van der Waals surface area contributed by atoms with Crippen LogP contribution in [0.4, 0.5) is 0 Å². The summed E-state index contributed by atoms with van der Waals surface area (Å²) in [4.78, 5) is 115. The van der Waals surface area contributed by atoms with Gasteiger partial charge in [0.2, 0.25) is 41.7 Å². The van der Waals surface area contributed by atoms with E-state index in [4.69, 9.17) is 44.0 Å². The normalized spacial score (nSPS) is 33.3. The smallest absolute Gasteiger partial charge is 0.309 e. The number of nitrogens with one attached hydrogen (secondary N) is 11. The van der Waals surface area contributed by atoms with Crippen LogP contribution in [-0.4, -0.2) is 318 Å². The van der Waals surface area contributed by atoms with Gasteiger partial charge in [0.25, 0.3) is 0 Å². The summed E-state index contributed by atoms with van der Waals surface area (Å²) in [5, 5.41) is 175. The van der Waals surface area contributed by atoms with E-state index in [1.807, 2.05) is 27.7 Å². The third-order valence-electron chi connectivity index (χ3n) is 20.2. The van der Waals surface area contributed by atoms with Gasteiger partial charge in [0.1, 0.15) is 135 Å². The number of amides is 6. The molecule has 6 amide bonds. The van der Waals surface area contributed by atoms with E-state index >= 15 is 14.4 Å². The second-order valence-electron chi connectivity index (χ2n) is 28.1. The summed E-state index contributed by atoms with van der Waals surface area (Å²) >= 11 is 0. The summed E-state index contributed by atoms with van der Waals surface area (Å²) in [6, 6.07) is 0.531. The monoisotopic (exact) mass is 1550 g/mol. The van der Waals surface area contributed by atoms with Crippen molar-refractivity contribution in [1.29, 1.82) is 10.8 Å². The fourth-order valence-electron chi connectivity index (χ4n) is 14.0. The van der Waals surface area contributed by atoms with Gasteiger partial charge in [0.15, 0.2) is 24.4 Å². The summed E-state index contributed by atoms with van der Waals surface area (Å²) in [6.45, 7) is 4.06. The maximum Gasteiger partial charge on any atom is 0.309 e. The number of carbonyl (C=O) groups is 8. The Hall–Kier alpha value is -8.10. The number of rotatable bonds is 29. The molecule has 6 heterocycles. The molecule has 0 bridgehead atoms. The van der Waals surface area contributed by atoms with E-state index in [-0.39, 0.29) is 23.8 Å². The van der Waals surface area contributed by atoms with Gasteiger partial charge in [-0.15, -0.1) is 0 Å². The number of guanidine groups is 2. The summed E-state index contributed by atoms with van der Waals surface area (Å²) in [6.07, 6.45) is -27.9. The number of hydrogen-bond acceptors (Lipinski definition) is 29. The van der Waals surface area contributed by atoms with Crippen LogP contribution in [0.2, 0.25) is 0 Å². The van der Waals surface area contributed by atoms with E-state index in [1.54, 1.807) is 37.3 Å². The largest absolute Gasteiger partial charge is 0.463 e. The third-order valence-corrected chi connectivity index (χ3v) is 20.2. The molecule has 0 radical (unpaired) electrons. The number of carbonyl (C=O) groups excluding carboxylic acids is 8. The maximum atomic E-state index is 15.3. The highest BCUT2D eigenvalue weighted by molar-refractivity contribution is 5.98. The number of aliphatic hydroxyl groups is 12. The van der Waals surface area contributed by atoms with Crippen LogP contribution >= 0.6 is 0 Å². The molecule has 6 fully saturated rings. The molecule has 23 N–H and O–H groups in total. The average molecular weight is 1550 g/mol. The molecule has 25 unspecified atom stereocenters. The molecule has 2 aromatic rings. The van der Waals surface area contributed by atoms with E-state index in [1.165, 1.54) is 24.3 Å². The van der Waals surface area contributed by atoms with Gasteiger partial charge in [-0.25, -0.2) is 0 Å². The van der Waals surface area contributed by atoms with Gasteiger partial charge in [0.05, 0.1) is 43.7 Å².